The van der Waals surface area contributed by atoms with Crippen LogP contribution in [0.1, 0.15) is 24.6 Å². The smallest absolute Gasteiger partial charge is 0.138 e. The number of nitrogens with one attached hydrogen (secondary N) is 1. The Morgan fingerprint density at radius 2 is 1.82 bits per heavy atom. The molecule has 1 atom stereocenters. The highest BCUT2D eigenvalue weighted by Gasteiger charge is 2.18. The summed E-state index contributed by atoms with van der Waals surface area (Å²) in [4.78, 5) is 4.75. The first-order valence-corrected chi connectivity index (χ1v) is 12.8. The molecular formula is C31H31FN4O2. The van der Waals surface area contributed by atoms with Crippen molar-refractivity contribution < 1.29 is 13.9 Å². The van der Waals surface area contributed by atoms with Crippen LogP contribution < -0.4 is 15.2 Å². The summed E-state index contributed by atoms with van der Waals surface area (Å²) in [5.41, 5.74) is 12.3. The Kier molecular flexibility index (Phi) is 7.65. The Labute approximate surface area is 221 Å². The highest BCUT2D eigenvalue weighted by Crippen LogP contribution is 2.39. The van der Waals surface area contributed by atoms with Crippen LogP contribution in [0.25, 0.3) is 33.3 Å². The Morgan fingerprint density at radius 3 is 2.63 bits per heavy atom. The third kappa shape index (κ3) is 5.68. The number of pyridine rings is 1. The summed E-state index contributed by atoms with van der Waals surface area (Å²) >= 11 is 0. The van der Waals surface area contributed by atoms with Crippen molar-refractivity contribution in [2.45, 2.75) is 32.7 Å². The quantitative estimate of drug-likeness (QED) is 0.225. The zero-order valence-corrected chi connectivity index (χ0v) is 21.6. The minimum atomic E-state index is -0.357. The van der Waals surface area contributed by atoms with Gasteiger partial charge in [-0.1, -0.05) is 43.3 Å². The molecule has 0 spiro atoms. The first kappa shape index (κ1) is 25.4. The van der Waals surface area contributed by atoms with Gasteiger partial charge in [0, 0.05) is 22.6 Å². The van der Waals surface area contributed by atoms with Crippen LogP contribution in [-0.2, 0) is 6.42 Å². The van der Waals surface area contributed by atoms with E-state index in [1.54, 1.807) is 12.3 Å². The van der Waals surface area contributed by atoms with Crippen molar-refractivity contribution in [1.29, 1.82) is 0 Å². The number of aromatic amines is 1. The molecule has 0 bridgehead atoms. The van der Waals surface area contributed by atoms with Gasteiger partial charge in [0.25, 0.3) is 0 Å². The fourth-order valence-electron chi connectivity index (χ4n) is 4.48. The largest absolute Gasteiger partial charge is 0.493 e. The van der Waals surface area contributed by atoms with Gasteiger partial charge in [-0.25, -0.2) is 4.39 Å². The van der Waals surface area contributed by atoms with Crippen LogP contribution in [0.5, 0.6) is 11.5 Å². The van der Waals surface area contributed by atoms with E-state index in [1.165, 1.54) is 12.1 Å². The first-order valence-electron chi connectivity index (χ1n) is 12.8. The Balaban J connectivity index is 1.52. The lowest BCUT2D eigenvalue weighted by atomic mass is 9.97. The molecule has 0 fully saturated rings. The highest BCUT2D eigenvalue weighted by atomic mass is 19.1. The standard InChI is InChI=1S/C31H31FN4O2/c1-3-13-37-30-12-10-23(32)16-28(30)31-27(22-9-11-29-26(15-22)20(2)35-36-29)17-25(18-34-31)38-19-24(33)14-21-7-5-4-6-8-21/h4-12,15-18,24H,3,13-14,19,33H2,1-2H3,(H,35,36)/t24-/m0/s1. The molecule has 3 N–H and O–H groups in total. The number of nitrogens with zero attached hydrogens (tertiary/aromatic N) is 2. The van der Waals surface area contributed by atoms with E-state index in [4.69, 9.17) is 20.2 Å². The Morgan fingerprint density at radius 1 is 0.974 bits per heavy atom. The second kappa shape index (κ2) is 11.4. The summed E-state index contributed by atoms with van der Waals surface area (Å²) in [7, 11) is 0. The number of hydrogen-bond acceptors (Lipinski definition) is 5. The number of halogens is 1. The maximum atomic E-state index is 14.4. The lowest BCUT2D eigenvalue weighted by Gasteiger charge is -2.17. The van der Waals surface area contributed by atoms with Gasteiger partial charge in [0.05, 0.1) is 29.7 Å². The number of aryl methyl sites for hydroxylation is 1. The van der Waals surface area contributed by atoms with Crippen LogP contribution in [0.15, 0.2) is 79.0 Å². The summed E-state index contributed by atoms with van der Waals surface area (Å²) in [6.45, 7) is 4.84. The molecule has 2 heterocycles. The maximum absolute atomic E-state index is 14.4. The third-order valence-corrected chi connectivity index (χ3v) is 6.39. The van der Waals surface area contributed by atoms with Crippen molar-refractivity contribution in [2.75, 3.05) is 13.2 Å². The molecule has 0 saturated carbocycles. The molecule has 38 heavy (non-hydrogen) atoms. The summed E-state index contributed by atoms with van der Waals surface area (Å²) in [6, 6.07) is 22.4. The van der Waals surface area contributed by atoms with E-state index in [2.05, 4.69) is 28.4 Å². The van der Waals surface area contributed by atoms with Crippen molar-refractivity contribution in [3.63, 3.8) is 0 Å². The number of aromatic nitrogens is 3. The van der Waals surface area contributed by atoms with E-state index in [9.17, 15) is 4.39 Å². The number of benzene rings is 3. The van der Waals surface area contributed by atoms with Crippen molar-refractivity contribution in [1.82, 2.24) is 15.2 Å². The lowest BCUT2D eigenvalue weighted by Crippen LogP contribution is -2.30. The first-order chi connectivity index (χ1) is 18.5. The molecular weight excluding hydrogens is 479 g/mol. The van der Waals surface area contributed by atoms with Gasteiger partial charge in [0.2, 0.25) is 0 Å². The molecule has 0 unspecified atom stereocenters. The molecule has 0 aliphatic carbocycles. The summed E-state index contributed by atoms with van der Waals surface area (Å²) < 4.78 is 26.5. The molecule has 3 aromatic carbocycles. The van der Waals surface area contributed by atoms with E-state index in [0.717, 1.165) is 39.7 Å². The predicted molar refractivity (Wildman–Crippen MR) is 149 cm³/mol. The van der Waals surface area contributed by atoms with Gasteiger partial charge >= 0.3 is 0 Å². The highest BCUT2D eigenvalue weighted by molar-refractivity contribution is 5.91. The molecule has 0 radical (unpaired) electrons. The molecule has 0 amide bonds. The molecule has 5 aromatic rings. The van der Waals surface area contributed by atoms with E-state index in [0.29, 0.717) is 42.4 Å². The zero-order valence-electron chi connectivity index (χ0n) is 21.6. The fraction of sp³-hybridized carbons (Fsp3) is 0.226. The molecule has 194 valence electrons. The number of nitrogens with two attached hydrogens (primary N) is 1. The molecule has 2 aromatic heterocycles. The third-order valence-electron chi connectivity index (χ3n) is 6.39. The van der Waals surface area contributed by atoms with Crippen LogP contribution in [0.3, 0.4) is 0 Å². The monoisotopic (exact) mass is 510 g/mol. The summed E-state index contributed by atoms with van der Waals surface area (Å²) in [5, 5.41) is 8.37. The Bertz CT molecular complexity index is 1530. The average Bonchev–Trinajstić information content (AvgIpc) is 3.31. The zero-order chi connectivity index (χ0) is 26.5. The molecule has 0 aliphatic heterocycles. The Hall–Kier alpha value is -4.23. The molecule has 6 nitrogen and oxygen atoms in total. The van der Waals surface area contributed by atoms with E-state index >= 15 is 0 Å². The number of H-pyrrole nitrogens is 1. The van der Waals surface area contributed by atoms with Crippen molar-refractivity contribution in [3.8, 4) is 33.9 Å². The van der Waals surface area contributed by atoms with Crippen molar-refractivity contribution in [3.05, 3.63) is 96.1 Å². The number of ether oxygens (including phenoxy) is 2. The molecule has 5 rings (SSSR count). The van der Waals surface area contributed by atoms with Crippen LogP contribution in [0, 0.1) is 12.7 Å². The van der Waals surface area contributed by atoms with Gasteiger partial charge in [-0.05, 0) is 67.3 Å². The average molecular weight is 511 g/mol. The second-order valence-electron chi connectivity index (χ2n) is 9.39. The summed E-state index contributed by atoms with van der Waals surface area (Å²) in [5.74, 6) is 0.815. The molecule has 0 aliphatic rings. The minimum Gasteiger partial charge on any atom is -0.493 e. The normalized spacial score (nSPS) is 12.0. The van der Waals surface area contributed by atoms with Crippen LogP contribution in [0.4, 0.5) is 4.39 Å². The van der Waals surface area contributed by atoms with E-state index < -0.39 is 0 Å². The van der Waals surface area contributed by atoms with Gasteiger partial charge in [0.15, 0.2) is 0 Å². The van der Waals surface area contributed by atoms with E-state index in [-0.39, 0.29) is 11.9 Å². The van der Waals surface area contributed by atoms with Gasteiger partial charge in [-0.2, -0.15) is 5.10 Å². The predicted octanol–water partition coefficient (Wildman–Crippen LogP) is 6.48. The van der Waals surface area contributed by atoms with Gasteiger partial charge in [-0.3, -0.25) is 10.1 Å². The van der Waals surface area contributed by atoms with Crippen molar-refractivity contribution in [2.24, 2.45) is 5.73 Å². The van der Waals surface area contributed by atoms with Gasteiger partial charge < -0.3 is 15.2 Å². The molecule has 0 saturated heterocycles. The minimum absolute atomic E-state index is 0.178. The summed E-state index contributed by atoms with van der Waals surface area (Å²) in [6.07, 6.45) is 3.20. The van der Waals surface area contributed by atoms with Crippen molar-refractivity contribution >= 4 is 10.9 Å². The van der Waals surface area contributed by atoms with Gasteiger partial charge in [0.1, 0.15) is 23.9 Å². The van der Waals surface area contributed by atoms with Crippen LogP contribution in [0.2, 0.25) is 0 Å². The van der Waals surface area contributed by atoms with Gasteiger partial charge in [-0.15, -0.1) is 0 Å². The topological polar surface area (TPSA) is 86.0 Å². The SMILES string of the molecule is CCCOc1ccc(F)cc1-c1ncc(OC[C@@H](N)Cc2ccccc2)cc1-c1ccc2[nH]nc(C)c2c1. The maximum Gasteiger partial charge on any atom is 0.138 e. The van der Waals surface area contributed by atoms with Crippen LogP contribution in [-0.4, -0.2) is 34.4 Å². The fourth-order valence-corrected chi connectivity index (χ4v) is 4.48. The van der Waals surface area contributed by atoms with E-state index in [1.807, 2.05) is 50.2 Å². The molecule has 7 heteroatoms. The number of fused-ring (bicyclic) bond motifs is 1. The second-order valence-corrected chi connectivity index (χ2v) is 9.39. The van der Waals surface area contributed by atoms with Crippen LogP contribution >= 0.6 is 0 Å². The lowest BCUT2D eigenvalue weighted by molar-refractivity contribution is 0.287. The number of rotatable bonds is 10. The number of hydrogen-bond donors (Lipinski definition) is 2.